The molecule has 3 nitrogen and oxygen atoms in total. The van der Waals surface area contributed by atoms with E-state index in [2.05, 4.69) is 13.8 Å². The number of hydrogen-bond donors (Lipinski definition) is 0. The average molecular weight is 253 g/mol. The Kier molecular flexibility index (Phi) is 5.36. The van der Waals surface area contributed by atoms with Gasteiger partial charge in [0.05, 0.1) is 5.54 Å². The maximum Gasteiger partial charge on any atom is 0.223 e. The molecule has 0 aromatic rings. The third-order valence-electron chi connectivity index (χ3n) is 3.87. The van der Waals surface area contributed by atoms with E-state index in [1.165, 1.54) is 6.42 Å². The van der Waals surface area contributed by atoms with Gasteiger partial charge in [-0.1, -0.05) is 26.7 Å². The molecule has 1 aliphatic heterocycles. The fourth-order valence-corrected chi connectivity index (χ4v) is 2.53. The SMILES string of the molecule is CC(C)CCCCC(=O)N1CCCC(=O)C1(C)C. The van der Waals surface area contributed by atoms with Crippen LogP contribution in [0, 0.1) is 5.92 Å². The van der Waals surface area contributed by atoms with E-state index >= 15 is 0 Å². The molecule has 0 bridgehead atoms. The van der Waals surface area contributed by atoms with Crippen molar-refractivity contribution in [3.05, 3.63) is 0 Å². The minimum Gasteiger partial charge on any atom is -0.331 e. The number of nitrogens with zero attached hydrogens (tertiary/aromatic N) is 1. The van der Waals surface area contributed by atoms with E-state index in [4.69, 9.17) is 0 Å². The van der Waals surface area contributed by atoms with Gasteiger partial charge >= 0.3 is 0 Å². The van der Waals surface area contributed by atoms with Gasteiger partial charge in [0, 0.05) is 19.4 Å². The topological polar surface area (TPSA) is 37.4 Å². The Balaban J connectivity index is 2.43. The Morgan fingerprint density at radius 1 is 1.33 bits per heavy atom. The van der Waals surface area contributed by atoms with Crippen LogP contribution in [0.2, 0.25) is 0 Å². The monoisotopic (exact) mass is 253 g/mol. The minimum absolute atomic E-state index is 0.150. The van der Waals surface area contributed by atoms with Crippen LogP contribution in [-0.4, -0.2) is 28.7 Å². The zero-order chi connectivity index (χ0) is 13.8. The van der Waals surface area contributed by atoms with E-state index in [0.717, 1.165) is 25.8 Å². The van der Waals surface area contributed by atoms with E-state index in [0.29, 0.717) is 18.8 Å². The maximum absolute atomic E-state index is 12.2. The lowest BCUT2D eigenvalue weighted by atomic mass is 9.88. The third-order valence-corrected chi connectivity index (χ3v) is 3.87. The van der Waals surface area contributed by atoms with E-state index in [9.17, 15) is 9.59 Å². The Bertz CT molecular complexity index is 308. The number of hydrogen-bond acceptors (Lipinski definition) is 2. The number of unbranched alkanes of at least 4 members (excludes halogenated alkanes) is 1. The van der Waals surface area contributed by atoms with Crippen molar-refractivity contribution in [2.45, 2.75) is 71.8 Å². The first-order chi connectivity index (χ1) is 8.35. The van der Waals surface area contributed by atoms with Crippen LogP contribution in [0.15, 0.2) is 0 Å². The molecule has 0 radical (unpaired) electrons. The first-order valence-corrected chi connectivity index (χ1v) is 7.19. The van der Waals surface area contributed by atoms with Crippen molar-refractivity contribution >= 4 is 11.7 Å². The second-order valence-electron chi connectivity index (χ2n) is 6.27. The first-order valence-electron chi connectivity index (χ1n) is 7.19. The van der Waals surface area contributed by atoms with Crippen LogP contribution < -0.4 is 0 Å². The molecule has 1 heterocycles. The number of carbonyl (C=O) groups is 2. The normalized spacial score (nSPS) is 19.4. The van der Waals surface area contributed by atoms with Crippen molar-refractivity contribution in [1.29, 1.82) is 0 Å². The Hall–Kier alpha value is -0.860. The molecule has 0 saturated carbocycles. The van der Waals surface area contributed by atoms with Crippen LogP contribution in [0.1, 0.15) is 66.2 Å². The summed E-state index contributed by atoms with van der Waals surface area (Å²) in [6.45, 7) is 8.89. The van der Waals surface area contributed by atoms with Gasteiger partial charge in [-0.15, -0.1) is 0 Å². The summed E-state index contributed by atoms with van der Waals surface area (Å²) < 4.78 is 0. The zero-order valence-corrected chi connectivity index (χ0v) is 12.3. The highest BCUT2D eigenvalue weighted by Gasteiger charge is 2.39. The maximum atomic E-state index is 12.2. The molecule has 0 aliphatic carbocycles. The fraction of sp³-hybridized carbons (Fsp3) is 0.867. The molecule has 104 valence electrons. The van der Waals surface area contributed by atoms with Gasteiger partial charge in [0.15, 0.2) is 5.78 Å². The number of carbonyl (C=O) groups excluding carboxylic acids is 2. The van der Waals surface area contributed by atoms with Gasteiger partial charge in [-0.2, -0.15) is 0 Å². The number of Topliss-reactive ketones (excluding diaryl/α,β-unsaturated/α-hetero) is 1. The lowest BCUT2D eigenvalue weighted by Gasteiger charge is -2.41. The predicted molar refractivity (Wildman–Crippen MR) is 73.3 cm³/mol. The summed E-state index contributed by atoms with van der Waals surface area (Å²) in [5, 5.41) is 0. The van der Waals surface area contributed by atoms with Gasteiger partial charge in [-0.25, -0.2) is 0 Å². The number of ketones is 1. The zero-order valence-electron chi connectivity index (χ0n) is 12.3. The van der Waals surface area contributed by atoms with Gasteiger partial charge in [-0.3, -0.25) is 9.59 Å². The fourth-order valence-electron chi connectivity index (χ4n) is 2.53. The molecule has 3 heteroatoms. The lowest BCUT2D eigenvalue weighted by molar-refractivity contribution is -0.148. The first kappa shape index (κ1) is 15.2. The van der Waals surface area contributed by atoms with Crippen molar-refractivity contribution < 1.29 is 9.59 Å². The van der Waals surface area contributed by atoms with Gasteiger partial charge < -0.3 is 4.90 Å². The summed E-state index contributed by atoms with van der Waals surface area (Å²) in [6.07, 6.45) is 5.24. The third kappa shape index (κ3) is 3.82. The molecule has 1 fully saturated rings. The summed E-state index contributed by atoms with van der Waals surface area (Å²) in [7, 11) is 0. The van der Waals surface area contributed by atoms with Crippen LogP contribution in [0.25, 0.3) is 0 Å². The van der Waals surface area contributed by atoms with Gasteiger partial charge in [0.25, 0.3) is 0 Å². The summed E-state index contributed by atoms with van der Waals surface area (Å²) in [5.74, 6) is 1.05. The van der Waals surface area contributed by atoms with E-state index < -0.39 is 5.54 Å². The second-order valence-corrected chi connectivity index (χ2v) is 6.27. The summed E-state index contributed by atoms with van der Waals surface area (Å²) >= 11 is 0. The Morgan fingerprint density at radius 2 is 2.00 bits per heavy atom. The molecule has 18 heavy (non-hydrogen) atoms. The summed E-state index contributed by atoms with van der Waals surface area (Å²) in [5.41, 5.74) is -0.590. The van der Waals surface area contributed by atoms with Crippen molar-refractivity contribution in [2.24, 2.45) is 5.92 Å². The molecule has 0 aromatic carbocycles. The van der Waals surface area contributed by atoms with Crippen molar-refractivity contribution in [3.8, 4) is 0 Å². The molecular formula is C15H27NO2. The summed E-state index contributed by atoms with van der Waals surface area (Å²) in [6, 6.07) is 0. The van der Waals surface area contributed by atoms with Gasteiger partial charge in [0.1, 0.15) is 0 Å². The standard InChI is InChI=1S/C15H27NO2/c1-12(2)8-5-6-10-14(18)16-11-7-9-13(17)15(16,3)4/h12H,5-11H2,1-4H3. The lowest BCUT2D eigenvalue weighted by Crippen LogP contribution is -2.56. The highest BCUT2D eigenvalue weighted by molar-refractivity contribution is 5.93. The average Bonchev–Trinajstić information content (AvgIpc) is 2.27. The second kappa shape index (κ2) is 6.35. The largest absolute Gasteiger partial charge is 0.331 e. The van der Waals surface area contributed by atoms with Crippen molar-refractivity contribution in [3.63, 3.8) is 0 Å². The van der Waals surface area contributed by atoms with Crippen molar-refractivity contribution in [2.75, 3.05) is 6.54 Å². The molecule has 0 N–H and O–H groups in total. The smallest absolute Gasteiger partial charge is 0.223 e. The summed E-state index contributed by atoms with van der Waals surface area (Å²) in [4.78, 5) is 25.8. The number of amides is 1. The van der Waals surface area contributed by atoms with E-state index in [1.54, 1.807) is 4.90 Å². The molecule has 1 saturated heterocycles. The van der Waals surface area contributed by atoms with Crippen LogP contribution >= 0.6 is 0 Å². The molecule has 1 rings (SSSR count). The van der Waals surface area contributed by atoms with Crippen LogP contribution in [-0.2, 0) is 9.59 Å². The van der Waals surface area contributed by atoms with Crippen molar-refractivity contribution in [1.82, 2.24) is 4.90 Å². The Labute approximate surface area is 111 Å². The highest BCUT2D eigenvalue weighted by Crippen LogP contribution is 2.25. The number of rotatable bonds is 5. The minimum atomic E-state index is -0.590. The molecule has 0 atom stereocenters. The quantitative estimate of drug-likeness (QED) is 0.706. The molecular weight excluding hydrogens is 226 g/mol. The number of piperidine rings is 1. The van der Waals surface area contributed by atoms with Crippen LogP contribution in [0.5, 0.6) is 0 Å². The Morgan fingerprint density at radius 3 is 2.61 bits per heavy atom. The van der Waals surface area contributed by atoms with E-state index in [1.807, 2.05) is 13.8 Å². The molecule has 1 amide bonds. The van der Waals surface area contributed by atoms with E-state index in [-0.39, 0.29) is 11.7 Å². The van der Waals surface area contributed by atoms with Gasteiger partial charge in [0.2, 0.25) is 5.91 Å². The van der Waals surface area contributed by atoms with Crippen LogP contribution in [0.4, 0.5) is 0 Å². The van der Waals surface area contributed by atoms with Gasteiger partial charge in [-0.05, 0) is 32.6 Å². The molecule has 0 aromatic heterocycles. The molecule has 0 spiro atoms. The van der Waals surface area contributed by atoms with Crippen LogP contribution in [0.3, 0.4) is 0 Å². The number of likely N-dealkylation sites (tertiary alicyclic amines) is 1. The molecule has 0 unspecified atom stereocenters. The predicted octanol–water partition coefficient (Wildman–Crippen LogP) is 3.17. The molecule has 1 aliphatic rings. The highest BCUT2D eigenvalue weighted by atomic mass is 16.2.